The minimum absolute atomic E-state index is 0.505. The molecule has 2 aliphatic heterocycles. The number of hydrogen-bond acceptors (Lipinski definition) is 2. The van der Waals surface area contributed by atoms with Gasteiger partial charge in [0.15, 0.2) is 0 Å². The molecular weight excluding hydrogens is 300 g/mol. The molecule has 0 bridgehead atoms. The van der Waals surface area contributed by atoms with Gasteiger partial charge in [0.25, 0.3) is 0 Å². The van der Waals surface area contributed by atoms with Gasteiger partial charge in [-0.25, -0.2) is 0 Å². The summed E-state index contributed by atoms with van der Waals surface area (Å²) in [4.78, 5) is 2.73. The number of benzene rings is 1. The second-order valence-corrected chi connectivity index (χ2v) is 7.90. The van der Waals surface area contributed by atoms with E-state index >= 15 is 0 Å². The summed E-state index contributed by atoms with van der Waals surface area (Å²) in [6, 6.07) is 10.1. The van der Waals surface area contributed by atoms with Crippen molar-refractivity contribution in [3.63, 3.8) is 0 Å². The zero-order chi connectivity index (χ0) is 13.2. The third kappa shape index (κ3) is 1.82. The van der Waals surface area contributed by atoms with Crippen molar-refractivity contribution in [1.29, 1.82) is 0 Å². The number of nitrogens with zero attached hydrogens (tertiary/aromatic N) is 1. The van der Waals surface area contributed by atoms with E-state index in [1.165, 1.54) is 18.7 Å². The lowest BCUT2D eigenvalue weighted by Gasteiger charge is -2.39. The van der Waals surface area contributed by atoms with Crippen molar-refractivity contribution in [1.82, 2.24) is 10.2 Å². The summed E-state index contributed by atoms with van der Waals surface area (Å²) in [5, 5.41) is 3.76. The molecule has 2 nitrogen and oxygen atoms in total. The monoisotopic (exact) mass is 320 g/mol. The first kappa shape index (κ1) is 12.4. The molecule has 3 fully saturated rings. The molecule has 0 unspecified atom stereocenters. The van der Waals surface area contributed by atoms with Gasteiger partial charge in [0, 0.05) is 36.2 Å². The zero-order valence-electron chi connectivity index (χ0n) is 11.6. The van der Waals surface area contributed by atoms with Crippen LogP contribution in [0.25, 0.3) is 0 Å². The maximum atomic E-state index is 3.76. The van der Waals surface area contributed by atoms with E-state index in [9.17, 15) is 0 Å². The Balaban J connectivity index is 1.49. The molecule has 0 spiro atoms. The molecule has 3 aliphatic rings. The molecule has 0 aromatic heterocycles. The summed E-state index contributed by atoms with van der Waals surface area (Å²) >= 11 is 3.51. The van der Waals surface area contributed by atoms with E-state index in [1.54, 1.807) is 0 Å². The molecule has 1 aliphatic carbocycles. The van der Waals surface area contributed by atoms with Gasteiger partial charge < -0.3 is 5.32 Å². The number of piperazine rings is 1. The summed E-state index contributed by atoms with van der Waals surface area (Å²) in [7, 11) is 0. The van der Waals surface area contributed by atoms with Gasteiger partial charge in [-0.15, -0.1) is 0 Å². The van der Waals surface area contributed by atoms with Crippen LogP contribution >= 0.6 is 15.9 Å². The van der Waals surface area contributed by atoms with Gasteiger partial charge in [0.2, 0.25) is 0 Å². The van der Waals surface area contributed by atoms with Gasteiger partial charge in [-0.05, 0) is 34.9 Å². The van der Waals surface area contributed by atoms with Gasteiger partial charge in [-0.2, -0.15) is 0 Å². The van der Waals surface area contributed by atoms with Crippen molar-refractivity contribution >= 4 is 15.9 Å². The number of piperidine rings is 1. The molecule has 2 saturated heterocycles. The molecule has 1 N–H and O–H groups in total. The lowest BCUT2D eigenvalue weighted by Crippen LogP contribution is -2.52. The molecule has 0 amide bonds. The highest BCUT2D eigenvalue weighted by Crippen LogP contribution is 2.65. The van der Waals surface area contributed by atoms with Gasteiger partial charge in [0.05, 0.1) is 0 Å². The Hall–Kier alpha value is -0.380. The Kier molecular flexibility index (Phi) is 2.64. The van der Waals surface area contributed by atoms with Gasteiger partial charge in [-0.3, -0.25) is 4.90 Å². The van der Waals surface area contributed by atoms with Crippen LogP contribution in [0, 0.1) is 17.3 Å². The van der Waals surface area contributed by atoms with E-state index in [2.05, 4.69) is 64.3 Å². The van der Waals surface area contributed by atoms with E-state index in [4.69, 9.17) is 0 Å². The van der Waals surface area contributed by atoms with E-state index in [0.717, 1.165) is 28.9 Å². The first-order valence-electron chi connectivity index (χ1n) is 7.30. The van der Waals surface area contributed by atoms with Crippen LogP contribution in [0.2, 0.25) is 0 Å². The van der Waals surface area contributed by atoms with E-state index in [1.807, 2.05) is 0 Å². The molecule has 1 aromatic carbocycles. The van der Waals surface area contributed by atoms with Crippen molar-refractivity contribution in [2.75, 3.05) is 19.6 Å². The number of hydrogen-bond donors (Lipinski definition) is 1. The first-order chi connectivity index (χ1) is 9.07. The zero-order valence-corrected chi connectivity index (χ0v) is 13.2. The number of nitrogens with one attached hydrogen (secondary N) is 1. The standard InChI is InChI=1S/C16H21BrN2/c1-16(2)12-8-19-9-13(18-7-14(19)15(12)16)10-3-5-11(17)6-4-10/h3-6,12-15,18H,7-9H2,1-2H3/t12-,13-,14+,15-/m0/s1. The first-order valence-corrected chi connectivity index (χ1v) is 8.09. The van der Waals surface area contributed by atoms with Gasteiger partial charge >= 0.3 is 0 Å². The summed E-state index contributed by atoms with van der Waals surface area (Å²) in [6.45, 7) is 8.54. The fourth-order valence-electron chi connectivity index (χ4n) is 4.46. The predicted octanol–water partition coefficient (Wildman–Crippen LogP) is 3.05. The van der Waals surface area contributed by atoms with Crippen molar-refractivity contribution in [3.05, 3.63) is 34.3 Å². The van der Waals surface area contributed by atoms with Crippen molar-refractivity contribution in [3.8, 4) is 0 Å². The largest absolute Gasteiger partial charge is 0.307 e. The number of fused-ring (bicyclic) bond motifs is 3. The summed E-state index contributed by atoms with van der Waals surface area (Å²) in [5.74, 6) is 1.88. The van der Waals surface area contributed by atoms with Crippen molar-refractivity contribution in [2.24, 2.45) is 17.3 Å². The van der Waals surface area contributed by atoms with Crippen molar-refractivity contribution in [2.45, 2.75) is 25.9 Å². The highest BCUT2D eigenvalue weighted by molar-refractivity contribution is 9.10. The predicted molar refractivity (Wildman–Crippen MR) is 81.0 cm³/mol. The third-order valence-corrected chi connectivity index (χ3v) is 6.25. The normalized spacial score (nSPS) is 39.7. The Morgan fingerprint density at radius 2 is 1.95 bits per heavy atom. The van der Waals surface area contributed by atoms with Crippen LogP contribution in [0.3, 0.4) is 0 Å². The summed E-state index contributed by atoms with van der Waals surface area (Å²) in [6.07, 6.45) is 0. The molecule has 102 valence electrons. The minimum atomic E-state index is 0.505. The average Bonchev–Trinajstić information content (AvgIpc) is 2.77. The number of halogens is 1. The van der Waals surface area contributed by atoms with Crippen molar-refractivity contribution < 1.29 is 0 Å². The van der Waals surface area contributed by atoms with Crippen LogP contribution in [0.4, 0.5) is 0 Å². The maximum absolute atomic E-state index is 3.76. The van der Waals surface area contributed by atoms with Crippen LogP contribution in [0.15, 0.2) is 28.7 Å². The molecule has 1 saturated carbocycles. The van der Waals surface area contributed by atoms with Gasteiger partial charge in [-0.1, -0.05) is 41.9 Å². The fraction of sp³-hybridized carbons (Fsp3) is 0.625. The number of rotatable bonds is 1. The molecule has 2 heterocycles. The highest BCUT2D eigenvalue weighted by Gasteiger charge is 2.66. The molecule has 4 rings (SSSR count). The third-order valence-electron chi connectivity index (χ3n) is 5.72. The maximum Gasteiger partial charge on any atom is 0.0449 e. The lowest BCUT2D eigenvalue weighted by molar-refractivity contribution is 0.124. The van der Waals surface area contributed by atoms with E-state index < -0.39 is 0 Å². The Morgan fingerprint density at radius 3 is 2.68 bits per heavy atom. The minimum Gasteiger partial charge on any atom is -0.307 e. The topological polar surface area (TPSA) is 15.3 Å². The molecule has 0 radical (unpaired) electrons. The molecule has 3 heteroatoms. The Bertz CT molecular complexity index is 496. The van der Waals surface area contributed by atoms with Crippen LogP contribution in [-0.2, 0) is 0 Å². The summed E-state index contributed by atoms with van der Waals surface area (Å²) in [5.41, 5.74) is 2.02. The van der Waals surface area contributed by atoms with Crippen LogP contribution in [0.1, 0.15) is 25.5 Å². The fourth-order valence-corrected chi connectivity index (χ4v) is 4.73. The van der Waals surface area contributed by atoms with Crippen LogP contribution in [0.5, 0.6) is 0 Å². The second-order valence-electron chi connectivity index (χ2n) is 6.99. The Morgan fingerprint density at radius 1 is 1.21 bits per heavy atom. The van der Waals surface area contributed by atoms with E-state index in [0.29, 0.717) is 11.5 Å². The molecular formula is C16H21BrN2. The lowest BCUT2D eigenvalue weighted by atomic mass is 9.96. The SMILES string of the molecule is CC1(C)[C@@H]2[C@H]3CN[C@H](c4ccc(Br)cc4)CN3C[C@@H]21. The van der Waals surface area contributed by atoms with Gasteiger partial charge in [0.1, 0.15) is 0 Å². The smallest absolute Gasteiger partial charge is 0.0449 e. The molecule has 4 atom stereocenters. The average molecular weight is 321 g/mol. The molecule has 19 heavy (non-hydrogen) atoms. The summed E-state index contributed by atoms with van der Waals surface area (Å²) < 4.78 is 1.16. The highest BCUT2D eigenvalue weighted by atomic mass is 79.9. The molecule has 1 aromatic rings. The quantitative estimate of drug-likeness (QED) is 0.855. The second kappa shape index (κ2) is 4.06. The van der Waals surface area contributed by atoms with Crippen LogP contribution in [-0.4, -0.2) is 30.6 Å². The Labute approximate surface area is 123 Å². The van der Waals surface area contributed by atoms with Crippen LogP contribution < -0.4 is 5.32 Å². The van der Waals surface area contributed by atoms with E-state index in [-0.39, 0.29) is 0 Å².